The number of benzene rings is 1. The van der Waals surface area contributed by atoms with Gasteiger partial charge in [-0.3, -0.25) is 0 Å². The average Bonchev–Trinajstić information content (AvgIpc) is 3.09. The Labute approximate surface area is 171 Å². The number of aryl methyl sites for hydroxylation is 1. The van der Waals surface area contributed by atoms with Crippen molar-refractivity contribution in [3.05, 3.63) is 69.8 Å². The molecule has 0 aliphatic carbocycles. The molecule has 29 heavy (non-hydrogen) atoms. The molecular formula is C18H18ClF2N5O2S. The van der Waals surface area contributed by atoms with Crippen molar-refractivity contribution < 1.29 is 18.1 Å². The molecule has 0 saturated heterocycles. The number of nitrogens with one attached hydrogen (secondary N) is 3. The van der Waals surface area contributed by atoms with Crippen LogP contribution in [0.3, 0.4) is 0 Å². The number of anilines is 1. The van der Waals surface area contributed by atoms with Gasteiger partial charge in [-0.25, -0.2) is 27.7 Å². The van der Waals surface area contributed by atoms with E-state index in [0.29, 0.717) is 11.4 Å². The quantitative estimate of drug-likeness (QED) is 0.464. The Balaban J connectivity index is 2.13. The van der Waals surface area contributed by atoms with Crippen LogP contribution in [-0.2, 0) is 16.3 Å². The van der Waals surface area contributed by atoms with E-state index in [4.69, 9.17) is 16.4 Å². The number of H-pyrrole nitrogens is 1. The summed E-state index contributed by atoms with van der Waals surface area (Å²) in [6, 6.07) is 5.92. The van der Waals surface area contributed by atoms with Crippen molar-refractivity contribution in [2.75, 3.05) is 11.6 Å². The van der Waals surface area contributed by atoms with Crippen molar-refractivity contribution in [2.24, 2.45) is 0 Å². The lowest BCUT2D eigenvalue weighted by molar-refractivity contribution is 0.274. The molecule has 0 spiro atoms. The van der Waals surface area contributed by atoms with Crippen LogP contribution in [0.15, 0.2) is 35.4 Å². The van der Waals surface area contributed by atoms with Crippen LogP contribution in [0.4, 0.5) is 14.6 Å². The molecule has 3 aromatic rings. The van der Waals surface area contributed by atoms with Gasteiger partial charge < -0.3 is 15.4 Å². The number of pyridine rings is 1. The van der Waals surface area contributed by atoms with Crippen LogP contribution in [0, 0.1) is 23.3 Å². The molecule has 1 aromatic carbocycles. The van der Waals surface area contributed by atoms with E-state index in [0.717, 1.165) is 0 Å². The molecule has 0 amide bonds. The van der Waals surface area contributed by atoms with E-state index in [-0.39, 0.29) is 27.3 Å². The first-order valence-electron chi connectivity index (χ1n) is 8.38. The van der Waals surface area contributed by atoms with Gasteiger partial charge in [-0.1, -0.05) is 17.7 Å². The zero-order valence-corrected chi connectivity index (χ0v) is 17.0. The summed E-state index contributed by atoms with van der Waals surface area (Å²) in [6.07, 6.45) is 1.19. The van der Waals surface area contributed by atoms with Gasteiger partial charge in [-0.15, -0.1) is 0 Å². The number of hydrogen-bond acceptors (Lipinski definition) is 6. The highest BCUT2D eigenvalue weighted by Crippen LogP contribution is 2.29. The third-order valence-electron chi connectivity index (χ3n) is 4.15. The summed E-state index contributed by atoms with van der Waals surface area (Å²) in [6.45, 7) is 1.00. The van der Waals surface area contributed by atoms with Gasteiger partial charge in [-0.05, 0) is 36.8 Å². The number of imidazole rings is 1. The molecule has 3 rings (SSSR count). The number of hydrogen-bond donors (Lipinski definition) is 4. The number of aromatic nitrogens is 3. The second-order valence-corrected chi connectivity index (χ2v) is 8.90. The number of rotatable bonds is 6. The average molecular weight is 442 g/mol. The van der Waals surface area contributed by atoms with Crippen LogP contribution in [0.1, 0.15) is 28.8 Å². The van der Waals surface area contributed by atoms with Gasteiger partial charge in [0, 0.05) is 6.26 Å². The first-order chi connectivity index (χ1) is 13.6. The summed E-state index contributed by atoms with van der Waals surface area (Å²) in [5, 5.41) is 12.4. The number of aromatic amines is 1. The third kappa shape index (κ3) is 4.55. The maximum absolute atomic E-state index is 13.6. The number of nitrogens with zero attached hydrogens (tertiary/aromatic N) is 2. The van der Waals surface area contributed by atoms with Crippen LogP contribution in [0.25, 0.3) is 0 Å². The maximum Gasteiger partial charge on any atom is 0.159 e. The number of aliphatic hydroxyl groups excluding tert-OH is 1. The Morgan fingerprint density at radius 1 is 1.28 bits per heavy atom. The van der Waals surface area contributed by atoms with E-state index < -0.39 is 34.0 Å². The molecule has 0 bridgehead atoms. The minimum absolute atomic E-state index is 0.0849. The van der Waals surface area contributed by atoms with Gasteiger partial charge in [0.05, 0.1) is 32.7 Å². The van der Waals surface area contributed by atoms with Gasteiger partial charge in [-0.2, -0.15) is 0 Å². The van der Waals surface area contributed by atoms with Crippen LogP contribution >= 0.6 is 11.6 Å². The summed E-state index contributed by atoms with van der Waals surface area (Å²) >= 11 is 5.92. The van der Waals surface area contributed by atoms with E-state index >= 15 is 0 Å². The lowest BCUT2D eigenvalue weighted by Crippen LogP contribution is -2.16. The summed E-state index contributed by atoms with van der Waals surface area (Å²) in [5.41, 5.74) is 0.785. The first-order valence-corrected chi connectivity index (χ1v) is 10.7. The fraction of sp³-hybridized carbons (Fsp3) is 0.222. The molecule has 2 atom stereocenters. The molecule has 0 fully saturated rings. The van der Waals surface area contributed by atoms with Crippen molar-refractivity contribution in [1.82, 2.24) is 15.0 Å². The summed E-state index contributed by atoms with van der Waals surface area (Å²) in [7, 11) is -3.22. The molecule has 0 aliphatic rings. The minimum Gasteiger partial charge on any atom is -0.390 e. The minimum atomic E-state index is -3.22. The second kappa shape index (κ2) is 8.05. The Morgan fingerprint density at radius 3 is 2.52 bits per heavy atom. The Bertz CT molecular complexity index is 1170. The van der Waals surface area contributed by atoms with Crippen LogP contribution in [-0.4, -0.2) is 30.5 Å². The standard InChI is InChI=1S/C18H18ClF2N5O2S/c1-9-12(20)5-6-15(23-9)25-16(10-3-4-13(21)11(19)7-10)17-24-14(8-27)18(26-17)29(2,22)28/h3-7,16,22,27H,8H2,1-2H3,(H,23,25)(H,24,26)/t16?,29-/m1/s1. The summed E-state index contributed by atoms with van der Waals surface area (Å²) < 4.78 is 47.2. The lowest BCUT2D eigenvalue weighted by Gasteiger charge is -2.19. The molecule has 154 valence electrons. The lowest BCUT2D eigenvalue weighted by atomic mass is 10.1. The molecule has 1 unspecified atom stereocenters. The molecule has 4 N–H and O–H groups in total. The van der Waals surface area contributed by atoms with Crippen molar-refractivity contribution in [1.29, 1.82) is 4.78 Å². The first kappa shape index (κ1) is 21.2. The Hall–Kier alpha value is -2.56. The van der Waals surface area contributed by atoms with Crippen LogP contribution in [0.5, 0.6) is 0 Å². The van der Waals surface area contributed by atoms with Gasteiger partial charge in [0.2, 0.25) is 0 Å². The maximum atomic E-state index is 13.6. The van der Waals surface area contributed by atoms with Crippen molar-refractivity contribution >= 4 is 27.1 Å². The van der Waals surface area contributed by atoms with Crippen LogP contribution < -0.4 is 5.32 Å². The van der Waals surface area contributed by atoms with Crippen molar-refractivity contribution in [3.63, 3.8) is 0 Å². The van der Waals surface area contributed by atoms with E-state index in [1.54, 1.807) is 0 Å². The highest BCUT2D eigenvalue weighted by Gasteiger charge is 2.24. The van der Waals surface area contributed by atoms with E-state index in [2.05, 4.69) is 20.3 Å². The van der Waals surface area contributed by atoms with Crippen LogP contribution in [0.2, 0.25) is 5.02 Å². The van der Waals surface area contributed by atoms with Crippen molar-refractivity contribution in [3.8, 4) is 0 Å². The summed E-state index contributed by atoms with van der Waals surface area (Å²) in [4.78, 5) is 11.2. The SMILES string of the molecule is Cc1nc(NC(c2ccc(F)c(Cl)c2)c2nc([S@](C)(=N)=O)c(CO)[nH]2)ccc1F. The number of aliphatic hydroxyl groups is 1. The molecule has 7 nitrogen and oxygen atoms in total. The smallest absolute Gasteiger partial charge is 0.159 e. The van der Waals surface area contributed by atoms with Gasteiger partial charge >= 0.3 is 0 Å². The second-order valence-electron chi connectivity index (χ2n) is 6.42. The van der Waals surface area contributed by atoms with Crippen molar-refractivity contribution in [2.45, 2.75) is 24.6 Å². The third-order valence-corrected chi connectivity index (χ3v) is 5.52. The predicted molar refractivity (Wildman–Crippen MR) is 105 cm³/mol. The van der Waals surface area contributed by atoms with Gasteiger partial charge in [0.25, 0.3) is 0 Å². The fourth-order valence-corrected chi connectivity index (χ4v) is 3.80. The monoisotopic (exact) mass is 441 g/mol. The molecule has 0 saturated carbocycles. The zero-order chi connectivity index (χ0) is 21.3. The van der Waals surface area contributed by atoms with Gasteiger partial charge in [0.15, 0.2) is 5.03 Å². The predicted octanol–water partition coefficient (Wildman–Crippen LogP) is 3.77. The molecule has 2 heterocycles. The molecule has 0 radical (unpaired) electrons. The van der Waals surface area contributed by atoms with Gasteiger partial charge in [0.1, 0.15) is 29.3 Å². The highest BCUT2D eigenvalue weighted by atomic mass is 35.5. The largest absolute Gasteiger partial charge is 0.390 e. The normalized spacial score (nSPS) is 14.4. The van der Waals surface area contributed by atoms with E-state index in [1.165, 1.54) is 43.5 Å². The summed E-state index contributed by atoms with van der Waals surface area (Å²) in [5.74, 6) is -0.568. The highest BCUT2D eigenvalue weighted by molar-refractivity contribution is 7.91. The number of halogens is 3. The molecule has 11 heteroatoms. The topological polar surface area (TPSA) is 115 Å². The Morgan fingerprint density at radius 2 is 1.97 bits per heavy atom. The molecular weight excluding hydrogens is 424 g/mol. The molecule has 0 aliphatic heterocycles. The Kier molecular flexibility index (Phi) is 5.87. The van der Waals surface area contributed by atoms with E-state index in [1.807, 2.05) is 0 Å². The molecule has 2 aromatic heterocycles. The zero-order valence-electron chi connectivity index (χ0n) is 15.5. The van der Waals surface area contributed by atoms with E-state index in [9.17, 15) is 18.1 Å². The fourth-order valence-electron chi connectivity index (χ4n) is 2.75.